The SMILES string of the molecule is CSCc1ccc(C(=O)Nc2nc3ccc(S(C)(=O)=O)cc3s2)cc1. The molecule has 0 fully saturated rings. The van der Waals surface area contributed by atoms with Crippen LogP contribution in [-0.4, -0.2) is 31.8 Å². The highest BCUT2D eigenvalue weighted by Crippen LogP contribution is 2.28. The van der Waals surface area contributed by atoms with Crippen LogP contribution in [0.15, 0.2) is 47.4 Å². The Balaban J connectivity index is 1.81. The first-order valence-corrected chi connectivity index (χ1v) is 11.5. The highest BCUT2D eigenvalue weighted by Gasteiger charge is 2.13. The van der Waals surface area contributed by atoms with E-state index in [0.29, 0.717) is 20.9 Å². The van der Waals surface area contributed by atoms with Crippen LogP contribution in [0.3, 0.4) is 0 Å². The van der Waals surface area contributed by atoms with Crippen molar-refractivity contribution in [1.82, 2.24) is 4.98 Å². The van der Waals surface area contributed by atoms with Crippen LogP contribution in [0.1, 0.15) is 15.9 Å². The van der Waals surface area contributed by atoms with Gasteiger partial charge in [0, 0.05) is 17.6 Å². The van der Waals surface area contributed by atoms with Gasteiger partial charge in [-0.1, -0.05) is 23.5 Å². The number of sulfone groups is 1. The average molecular weight is 393 g/mol. The number of nitrogens with zero attached hydrogens (tertiary/aromatic N) is 1. The number of nitrogens with one attached hydrogen (secondary N) is 1. The van der Waals surface area contributed by atoms with Gasteiger partial charge in [0.05, 0.1) is 15.1 Å². The fourth-order valence-electron chi connectivity index (χ4n) is 2.28. The van der Waals surface area contributed by atoms with Crippen molar-refractivity contribution in [1.29, 1.82) is 0 Å². The Morgan fingerprint density at radius 1 is 1.20 bits per heavy atom. The zero-order valence-corrected chi connectivity index (χ0v) is 16.1. The van der Waals surface area contributed by atoms with Crippen molar-refractivity contribution in [3.63, 3.8) is 0 Å². The topological polar surface area (TPSA) is 76.1 Å². The Labute approximate surface area is 154 Å². The van der Waals surface area contributed by atoms with E-state index in [1.807, 2.05) is 18.4 Å². The van der Waals surface area contributed by atoms with E-state index in [2.05, 4.69) is 10.3 Å². The number of amides is 1. The monoisotopic (exact) mass is 392 g/mol. The van der Waals surface area contributed by atoms with Crippen LogP contribution >= 0.6 is 23.1 Å². The molecule has 0 radical (unpaired) electrons. The molecule has 5 nitrogen and oxygen atoms in total. The molecule has 3 aromatic rings. The van der Waals surface area contributed by atoms with Gasteiger partial charge in [0.25, 0.3) is 5.91 Å². The first-order chi connectivity index (χ1) is 11.9. The summed E-state index contributed by atoms with van der Waals surface area (Å²) in [5.74, 6) is 0.667. The van der Waals surface area contributed by atoms with E-state index in [1.54, 1.807) is 36.0 Å². The number of fused-ring (bicyclic) bond motifs is 1. The van der Waals surface area contributed by atoms with E-state index in [9.17, 15) is 13.2 Å². The third-order valence-corrected chi connectivity index (χ3v) is 6.20. The van der Waals surface area contributed by atoms with E-state index in [4.69, 9.17) is 0 Å². The number of benzene rings is 2. The summed E-state index contributed by atoms with van der Waals surface area (Å²) in [7, 11) is -3.27. The molecule has 0 bridgehead atoms. The average Bonchev–Trinajstić information content (AvgIpc) is 2.96. The lowest BCUT2D eigenvalue weighted by Gasteiger charge is -2.03. The quantitative estimate of drug-likeness (QED) is 0.714. The van der Waals surface area contributed by atoms with Crippen LogP contribution in [0, 0.1) is 0 Å². The van der Waals surface area contributed by atoms with Crippen molar-refractivity contribution < 1.29 is 13.2 Å². The van der Waals surface area contributed by atoms with Crippen LogP contribution in [0.4, 0.5) is 5.13 Å². The fraction of sp³-hybridized carbons (Fsp3) is 0.176. The zero-order chi connectivity index (χ0) is 18.0. The van der Waals surface area contributed by atoms with Crippen LogP contribution in [-0.2, 0) is 15.6 Å². The number of carbonyl (C=O) groups is 1. The predicted molar refractivity (Wildman–Crippen MR) is 104 cm³/mol. The largest absolute Gasteiger partial charge is 0.298 e. The molecule has 1 aromatic heterocycles. The van der Waals surface area contributed by atoms with Gasteiger partial charge in [-0.05, 0) is 42.2 Å². The lowest BCUT2D eigenvalue weighted by atomic mass is 10.1. The molecule has 0 saturated heterocycles. The first-order valence-electron chi connectivity index (χ1n) is 7.37. The van der Waals surface area contributed by atoms with Crippen molar-refractivity contribution in [2.75, 3.05) is 17.8 Å². The molecule has 0 aliphatic heterocycles. The van der Waals surface area contributed by atoms with Crippen molar-refractivity contribution in [3.8, 4) is 0 Å². The molecule has 0 spiro atoms. The Bertz CT molecular complexity index is 1020. The minimum absolute atomic E-state index is 0.238. The van der Waals surface area contributed by atoms with E-state index >= 15 is 0 Å². The minimum atomic E-state index is -3.27. The third kappa shape index (κ3) is 4.20. The molecule has 0 saturated carbocycles. The fourth-order valence-corrected chi connectivity index (χ4v) is 4.43. The summed E-state index contributed by atoms with van der Waals surface area (Å²) in [4.78, 5) is 16.9. The van der Waals surface area contributed by atoms with Crippen LogP contribution in [0.2, 0.25) is 0 Å². The van der Waals surface area contributed by atoms with Crippen LogP contribution in [0.25, 0.3) is 10.2 Å². The smallest absolute Gasteiger partial charge is 0.257 e. The lowest BCUT2D eigenvalue weighted by molar-refractivity contribution is 0.102. The second-order valence-corrected chi connectivity index (χ2v) is 9.42. The van der Waals surface area contributed by atoms with Crippen molar-refractivity contribution in [3.05, 3.63) is 53.6 Å². The lowest BCUT2D eigenvalue weighted by Crippen LogP contribution is -2.11. The Morgan fingerprint density at radius 3 is 2.56 bits per heavy atom. The molecule has 130 valence electrons. The van der Waals surface area contributed by atoms with Gasteiger partial charge in [-0.2, -0.15) is 11.8 Å². The molecule has 8 heteroatoms. The molecular formula is C17H16N2O3S3. The molecule has 25 heavy (non-hydrogen) atoms. The molecule has 0 unspecified atom stereocenters. The summed E-state index contributed by atoms with van der Waals surface area (Å²) in [5.41, 5.74) is 2.38. The molecule has 2 aromatic carbocycles. The Hall–Kier alpha value is -1.90. The second kappa shape index (κ2) is 7.15. The van der Waals surface area contributed by atoms with Crippen molar-refractivity contribution in [2.45, 2.75) is 10.6 Å². The maximum Gasteiger partial charge on any atom is 0.257 e. The van der Waals surface area contributed by atoms with Crippen LogP contribution < -0.4 is 5.32 Å². The number of thiazole rings is 1. The zero-order valence-electron chi connectivity index (χ0n) is 13.6. The number of aromatic nitrogens is 1. The standard InChI is InChI=1S/C17H16N2O3S3/c1-23-10-11-3-5-12(6-4-11)16(20)19-17-18-14-8-7-13(25(2,21)22)9-15(14)24-17/h3-9H,10H2,1-2H3,(H,18,19,20). The number of thioether (sulfide) groups is 1. The van der Waals surface area contributed by atoms with Gasteiger partial charge in [-0.15, -0.1) is 0 Å². The van der Waals surface area contributed by atoms with E-state index in [1.165, 1.54) is 23.7 Å². The number of hydrogen-bond donors (Lipinski definition) is 1. The van der Waals surface area contributed by atoms with Gasteiger partial charge in [-0.3, -0.25) is 10.1 Å². The first kappa shape index (κ1) is 17.9. The predicted octanol–water partition coefficient (Wildman–Crippen LogP) is 3.82. The Morgan fingerprint density at radius 2 is 1.92 bits per heavy atom. The Kier molecular flexibility index (Phi) is 5.12. The summed E-state index contributed by atoms with van der Waals surface area (Å²) in [6.07, 6.45) is 3.20. The van der Waals surface area contributed by atoms with E-state index < -0.39 is 9.84 Å². The van der Waals surface area contributed by atoms with E-state index in [0.717, 1.165) is 11.3 Å². The van der Waals surface area contributed by atoms with Crippen molar-refractivity contribution in [2.24, 2.45) is 0 Å². The number of anilines is 1. The molecule has 1 heterocycles. The highest BCUT2D eigenvalue weighted by atomic mass is 32.2. The van der Waals surface area contributed by atoms with Gasteiger partial charge >= 0.3 is 0 Å². The maximum absolute atomic E-state index is 12.3. The van der Waals surface area contributed by atoms with Crippen molar-refractivity contribution >= 4 is 54.2 Å². The summed E-state index contributed by atoms with van der Waals surface area (Å²) >= 11 is 2.98. The number of hydrogen-bond acceptors (Lipinski definition) is 6. The van der Waals surface area contributed by atoms with Gasteiger partial charge in [0.1, 0.15) is 0 Å². The normalized spacial score (nSPS) is 11.6. The molecule has 3 rings (SSSR count). The molecule has 0 atom stereocenters. The second-order valence-electron chi connectivity index (χ2n) is 5.50. The molecule has 0 aliphatic rings. The summed E-state index contributed by atoms with van der Waals surface area (Å²) in [6, 6.07) is 12.2. The van der Waals surface area contributed by atoms with Gasteiger partial charge < -0.3 is 0 Å². The third-order valence-electron chi connectivity index (χ3n) is 3.54. The summed E-state index contributed by atoms with van der Waals surface area (Å²) in [5, 5.41) is 3.21. The highest BCUT2D eigenvalue weighted by molar-refractivity contribution is 7.97. The molecular weight excluding hydrogens is 376 g/mol. The van der Waals surface area contributed by atoms with Crippen LogP contribution in [0.5, 0.6) is 0 Å². The van der Waals surface area contributed by atoms with Gasteiger partial charge in [-0.25, -0.2) is 13.4 Å². The minimum Gasteiger partial charge on any atom is -0.298 e. The molecule has 1 N–H and O–H groups in total. The molecule has 1 amide bonds. The number of carbonyl (C=O) groups excluding carboxylic acids is 1. The maximum atomic E-state index is 12.3. The summed E-state index contributed by atoms with van der Waals surface area (Å²) in [6.45, 7) is 0. The molecule has 0 aliphatic carbocycles. The van der Waals surface area contributed by atoms with Gasteiger partial charge in [0.15, 0.2) is 15.0 Å². The van der Waals surface area contributed by atoms with Gasteiger partial charge in [0.2, 0.25) is 0 Å². The van der Waals surface area contributed by atoms with E-state index in [-0.39, 0.29) is 10.8 Å². The summed E-state index contributed by atoms with van der Waals surface area (Å²) < 4.78 is 24.0. The number of rotatable bonds is 5.